The Hall–Kier alpha value is -2.35. The van der Waals surface area contributed by atoms with Gasteiger partial charge in [-0.3, -0.25) is 9.59 Å². The summed E-state index contributed by atoms with van der Waals surface area (Å²) in [6.07, 6.45) is -4.84. The van der Waals surface area contributed by atoms with E-state index in [1.54, 1.807) is 22.9 Å². The van der Waals surface area contributed by atoms with Gasteiger partial charge in [0.05, 0.1) is 0 Å². The minimum absolute atomic E-state index is 0.0411. The Labute approximate surface area is 140 Å². The van der Waals surface area contributed by atoms with E-state index in [1.807, 2.05) is 5.32 Å². The minimum Gasteiger partial charge on any atom is -0.351 e. The molecular weight excluding hydrogens is 341 g/mol. The van der Waals surface area contributed by atoms with Crippen LogP contribution in [0.3, 0.4) is 0 Å². The molecule has 1 heterocycles. The van der Waals surface area contributed by atoms with Crippen LogP contribution in [0.1, 0.15) is 28.4 Å². The van der Waals surface area contributed by atoms with Gasteiger partial charge >= 0.3 is 6.18 Å². The Kier molecular flexibility index (Phi) is 5.97. The third-order valence-electron chi connectivity index (χ3n) is 3.19. The Morgan fingerprint density at radius 2 is 1.83 bits per heavy atom. The molecule has 0 saturated heterocycles. The molecule has 128 valence electrons. The van der Waals surface area contributed by atoms with E-state index >= 15 is 0 Å². The monoisotopic (exact) mass is 356 g/mol. The SMILES string of the molecule is O=C(CCNC(=O)c1ccsc1)NC(c1ccccc1)C(F)(F)F. The summed E-state index contributed by atoms with van der Waals surface area (Å²) in [6.45, 7) is -0.0418. The first-order valence-electron chi connectivity index (χ1n) is 7.09. The van der Waals surface area contributed by atoms with Crippen LogP contribution in [0.4, 0.5) is 13.2 Å². The van der Waals surface area contributed by atoms with Crippen LogP contribution in [0.15, 0.2) is 47.2 Å². The molecule has 8 heteroatoms. The number of carbonyl (C=O) groups excluding carboxylic acids is 2. The number of amides is 2. The average Bonchev–Trinajstić information content (AvgIpc) is 3.07. The van der Waals surface area contributed by atoms with E-state index in [9.17, 15) is 22.8 Å². The molecule has 0 bridgehead atoms. The number of thiophene rings is 1. The second-order valence-electron chi connectivity index (χ2n) is 4.97. The van der Waals surface area contributed by atoms with Gasteiger partial charge in [-0.15, -0.1) is 0 Å². The molecule has 4 nitrogen and oxygen atoms in total. The Balaban J connectivity index is 1.88. The number of carbonyl (C=O) groups is 2. The lowest BCUT2D eigenvalue weighted by Gasteiger charge is -2.22. The van der Waals surface area contributed by atoms with Crippen LogP contribution in [0, 0.1) is 0 Å². The zero-order valence-electron chi connectivity index (χ0n) is 12.5. The Morgan fingerprint density at radius 1 is 1.12 bits per heavy atom. The number of halogens is 3. The summed E-state index contributed by atoms with van der Waals surface area (Å²) in [5.74, 6) is -1.15. The molecule has 1 unspecified atom stereocenters. The highest BCUT2D eigenvalue weighted by Crippen LogP contribution is 2.32. The van der Waals surface area contributed by atoms with E-state index in [-0.39, 0.29) is 24.4 Å². The minimum atomic E-state index is -4.60. The maximum Gasteiger partial charge on any atom is 0.412 e. The second-order valence-corrected chi connectivity index (χ2v) is 5.75. The highest BCUT2D eigenvalue weighted by atomic mass is 32.1. The van der Waals surface area contributed by atoms with Crippen LogP contribution in [-0.4, -0.2) is 24.5 Å². The molecule has 2 rings (SSSR count). The molecule has 1 aromatic carbocycles. The van der Waals surface area contributed by atoms with Crippen LogP contribution >= 0.6 is 11.3 Å². The predicted octanol–water partition coefficient (Wildman–Crippen LogP) is 3.29. The summed E-state index contributed by atoms with van der Waals surface area (Å²) in [5.41, 5.74) is 0.415. The molecule has 0 spiro atoms. The average molecular weight is 356 g/mol. The van der Waals surface area contributed by atoms with E-state index < -0.39 is 18.1 Å². The van der Waals surface area contributed by atoms with Gasteiger partial charge in [0.2, 0.25) is 5.91 Å². The summed E-state index contributed by atoms with van der Waals surface area (Å²) in [7, 11) is 0. The van der Waals surface area contributed by atoms with Crippen molar-refractivity contribution in [2.24, 2.45) is 0 Å². The Bertz CT molecular complexity index is 672. The number of rotatable bonds is 6. The lowest BCUT2D eigenvalue weighted by Crippen LogP contribution is -2.39. The van der Waals surface area contributed by atoms with Crippen molar-refractivity contribution < 1.29 is 22.8 Å². The second kappa shape index (κ2) is 7.96. The van der Waals surface area contributed by atoms with E-state index in [2.05, 4.69) is 5.32 Å². The van der Waals surface area contributed by atoms with Gasteiger partial charge in [0.1, 0.15) is 0 Å². The molecular formula is C16H15F3N2O2S. The predicted molar refractivity (Wildman–Crippen MR) is 84.6 cm³/mol. The number of hydrogen-bond donors (Lipinski definition) is 2. The highest BCUT2D eigenvalue weighted by molar-refractivity contribution is 7.08. The van der Waals surface area contributed by atoms with Gasteiger partial charge < -0.3 is 10.6 Å². The zero-order chi connectivity index (χ0) is 17.6. The van der Waals surface area contributed by atoms with Gasteiger partial charge in [-0.25, -0.2) is 0 Å². The van der Waals surface area contributed by atoms with Crippen LogP contribution in [0.25, 0.3) is 0 Å². The first-order valence-corrected chi connectivity index (χ1v) is 8.03. The fourth-order valence-electron chi connectivity index (χ4n) is 2.02. The van der Waals surface area contributed by atoms with Crippen molar-refractivity contribution in [1.29, 1.82) is 0 Å². The molecule has 2 N–H and O–H groups in total. The van der Waals surface area contributed by atoms with Crippen LogP contribution < -0.4 is 10.6 Å². The molecule has 0 saturated carbocycles. The van der Waals surface area contributed by atoms with E-state index in [1.165, 1.54) is 35.6 Å². The number of benzene rings is 1. The van der Waals surface area contributed by atoms with Gasteiger partial charge in [-0.1, -0.05) is 30.3 Å². The number of nitrogens with one attached hydrogen (secondary N) is 2. The normalized spacial score (nSPS) is 12.5. The molecule has 0 aliphatic rings. The molecule has 0 fully saturated rings. The molecule has 2 aromatic rings. The fraction of sp³-hybridized carbons (Fsp3) is 0.250. The molecule has 24 heavy (non-hydrogen) atoms. The first kappa shape index (κ1) is 18.0. The van der Waals surface area contributed by atoms with Gasteiger partial charge in [0.25, 0.3) is 5.91 Å². The quantitative estimate of drug-likeness (QED) is 0.834. The van der Waals surface area contributed by atoms with Crippen molar-refractivity contribution in [3.05, 3.63) is 58.3 Å². The number of hydrogen-bond acceptors (Lipinski definition) is 3. The summed E-state index contributed by atoms with van der Waals surface area (Å²) < 4.78 is 39.4. The molecule has 0 aliphatic heterocycles. The largest absolute Gasteiger partial charge is 0.412 e. The zero-order valence-corrected chi connectivity index (χ0v) is 13.3. The third-order valence-corrected chi connectivity index (χ3v) is 3.87. The van der Waals surface area contributed by atoms with Crippen LogP contribution in [0.2, 0.25) is 0 Å². The summed E-state index contributed by atoms with van der Waals surface area (Å²) in [5, 5.41) is 7.84. The van der Waals surface area contributed by atoms with Gasteiger partial charge in [-0.05, 0) is 17.0 Å². The molecule has 0 aliphatic carbocycles. The van der Waals surface area contributed by atoms with Crippen LogP contribution in [-0.2, 0) is 4.79 Å². The van der Waals surface area contributed by atoms with Gasteiger partial charge in [-0.2, -0.15) is 24.5 Å². The topological polar surface area (TPSA) is 58.2 Å². The van der Waals surface area contributed by atoms with Crippen molar-refractivity contribution in [3.63, 3.8) is 0 Å². The van der Waals surface area contributed by atoms with Crippen LogP contribution in [0.5, 0.6) is 0 Å². The molecule has 2 amide bonds. The Morgan fingerprint density at radius 3 is 2.42 bits per heavy atom. The standard InChI is InChI=1S/C16H15F3N2O2S/c17-16(18,19)14(11-4-2-1-3-5-11)21-13(22)6-8-20-15(23)12-7-9-24-10-12/h1-5,7,9-10,14H,6,8H2,(H,20,23)(H,21,22). The van der Waals surface area contributed by atoms with Crippen molar-refractivity contribution in [2.75, 3.05) is 6.54 Å². The van der Waals surface area contributed by atoms with Gasteiger partial charge in [0, 0.05) is 23.9 Å². The molecule has 1 aromatic heterocycles. The third kappa shape index (κ3) is 5.09. The van der Waals surface area contributed by atoms with E-state index in [0.717, 1.165) is 0 Å². The summed E-state index contributed by atoms with van der Waals surface area (Å²) >= 11 is 1.35. The van der Waals surface area contributed by atoms with Crippen molar-refractivity contribution in [1.82, 2.24) is 10.6 Å². The van der Waals surface area contributed by atoms with E-state index in [4.69, 9.17) is 0 Å². The lowest BCUT2D eigenvalue weighted by atomic mass is 10.1. The molecule has 1 atom stereocenters. The number of alkyl halides is 3. The first-order chi connectivity index (χ1) is 11.4. The van der Waals surface area contributed by atoms with Crippen molar-refractivity contribution in [3.8, 4) is 0 Å². The molecule has 0 radical (unpaired) electrons. The highest BCUT2D eigenvalue weighted by Gasteiger charge is 2.41. The summed E-state index contributed by atoms with van der Waals surface area (Å²) in [4.78, 5) is 23.5. The maximum atomic E-state index is 13.1. The van der Waals surface area contributed by atoms with Crippen molar-refractivity contribution >= 4 is 23.2 Å². The van der Waals surface area contributed by atoms with E-state index in [0.29, 0.717) is 5.56 Å². The lowest BCUT2D eigenvalue weighted by molar-refractivity contribution is -0.163. The smallest absolute Gasteiger partial charge is 0.351 e. The van der Waals surface area contributed by atoms with Crippen molar-refractivity contribution in [2.45, 2.75) is 18.6 Å². The fourth-order valence-corrected chi connectivity index (χ4v) is 2.65. The maximum absolute atomic E-state index is 13.1. The summed E-state index contributed by atoms with van der Waals surface area (Å²) in [6, 6.07) is 6.70. The van der Waals surface area contributed by atoms with Gasteiger partial charge in [0.15, 0.2) is 6.04 Å².